The van der Waals surface area contributed by atoms with Crippen molar-refractivity contribution >= 4 is 23.2 Å². The van der Waals surface area contributed by atoms with Crippen LogP contribution in [-0.2, 0) is 9.53 Å². The summed E-state index contributed by atoms with van der Waals surface area (Å²) in [6.45, 7) is -0.674. The molecule has 1 atom stereocenters. The van der Waals surface area contributed by atoms with Gasteiger partial charge in [-0.25, -0.2) is 0 Å². The lowest BCUT2D eigenvalue weighted by molar-refractivity contribution is -0.175. The van der Waals surface area contributed by atoms with Gasteiger partial charge in [-0.3, -0.25) is 4.79 Å². The molecule has 1 saturated heterocycles. The molecule has 1 fully saturated rings. The Hall–Kier alpha value is -1.47. The number of benzene rings is 1. The van der Waals surface area contributed by atoms with Crippen molar-refractivity contribution in [2.75, 3.05) is 31.2 Å². The molecule has 1 aliphatic heterocycles. The number of nitrogens with zero attached hydrogens (tertiary/aromatic N) is 1. The third kappa shape index (κ3) is 5.38. The van der Waals surface area contributed by atoms with Crippen molar-refractivity contribution < 1.29 is 22.7 Å². The van der Waals surface area contributed by atoms with Crippen molar-refractivity contribution in [3.8, 4) is 0 Å². The normalized spacial score (nSPS) is 18.5. The number of amides is 1. The van der Waals surface area contributed by atoms with Crippen LogP contribution in [0.5, 0.6) is 0 Å². The fourth-order valence-electron chi connectivity index (χ4n) is 2.31. The van der Waals surface area contributed by atoms with E-state index in [4.69, 9.17) is 11.6 Å². The van der Waals surface area contributed by atoms with Gasteiger partial charge in [0.05, 0.1) is 0 Å². The molecule has 0 aliphatic carbocycles. The van der Waals surface area contributed by atoms with Crippen molar-refractivity contribution in [1.29, 1.82) is 0 Å². The Labute approximate surface area is 131 Å². The number of carbonyl (C=O) groups is 1. The molecule has 4 nitrogen and oxygen atoms in total. The summed E-state index contributed by atoms with van der Waals surface area (Å²) in [7, 11) is 0. The molecule has 0 radical (unpaired) electrons. The summed E-state index contributed by atoms with van der Waals surface area (Å²) < 4.78 is 40.1. The van der Waals surface area contributed by atoms with E-state index in [-0.39, 0.29) is 6.04 Å². The molecule has 1 aliphatic rings. The maximum atomic E-state index is 11.9. The van der Waals surface area contributed by atoms with Crippen LogP contribution in [0, 0.1) is 0 Å². The van der Waals surface area contributed by atoms with Crippen LogP contribution in [0.3, 0.4) is 0 Å². The Morgan fingerprint density at radius 3 is 2.91 bits per heavy atom. The number of carbonyl (C=O) groups excluding carboxylic acids is 1. The number of ether oxygens (including phenoxy) is 1. The zero-order valence-electron chi connectivity index (χ0n) is 11.7. The maximum Gasteiger partial charge on any atom is 0.411 e. The van der Waals surface area contributed by atoms with Crippen LogP contribution in [-0.4, -0.2) is 44.4 Å². The summed E-state index contributed by atoms with van der Waals surface area (Å²) in [5.41, 5.74) is 0.956. The molecule has 1 unspecified atom stereocenters. The molecule has 0 bridgehead atoms. The van der Waals surface area contributed by atoms with Gasteiger partial charge >= 0.3 is 6.18 Å². The summed E-state index contributed by atoms with van der Waals surface area (Å²) >= 11 is 5.93. The summed E-state index contributed by atoms with van der Waals surface area (Å²) in [6.07, 6.45) is -3.70. The molecule has 1 amide bonds. The molecule has 1 aromatic carbocycles. The Morgan fingerprint density at radius 1 is 1.45 bits per heavy atom. The molecule has 1 N–H and O–H groups in total. The van der Waals surface area contributed by atoms with Crippen molar-refractivity contribution in [2.45, 2.75) is 18.6 Å². The summed E-state index contributed by atoms with van der Waals surface area (Å²) in [6, 6.07) is 7.26. The topological polar surface area (TPSA) is 41.6 Å². The lowest BCUT2D eigenvalue weighted by Gasteiger charge is -2.19. The van der Waals surface area contributed by atoms with Crippen LogP contribution in [0.4, 0.5) is 18.9 Å². The van der Waals surface area contributed by atoms with Crippen LogP contribution in [0.2, 0.25) is 5.02 Å². The lowest BCUT2D eigenvalue weighted by Crippen LogP contribution is -2.39. The smallest absolute Gasteiger partial charge is 0.369 e. The van der Waals surface area contributed by atoms with E-state index in [1.165, 1.54) is 0 Å². The van der Waals surface area contributed by atoms with Gasteiger partial charge in [0.1, 0.15) is 13.2 Å². The van der Waals surface area contributed by atoms with Gasteiger partial charge in [0.25, 0.3) is 0 Å². The predicted molar refractivity (Wildman–Crippen MR) is 77.1 cm³/mol. The molecule has 122 valence electrons. The van der Waals surface area contributed by atoms with Gasteiger partial charge in [-0.15, -0.1) is 0 Å². The monoisotopic (exact) mass is 336 g/mol. The zero-order chi connectivity index (χ0) is 16.2. The second-order valence-electron chi connectivity index (χ2n) is 5.09. The van der Waals surface area contributed by atoms with E-state index in [1.54, 1.807) is 6.07 Å². The van der Waals surface area contributed by atoms with Gasteiger partial charge in [-0.2, -0.15) is 13.2 Å². The molecule has 1 heterocycles. The molecular weight excluding hydrogens is 321 g/mol. The highest BCUT2D eigenvalue weighted by atomic mass is 35.5. The first-order chi connectivity index (χ1) is 10.3. The second kappa shape index (κ2) is 7.19. The maximum absolute atomic E-state index is 11.9. The van der Waals surface area contributed by atoms with Crippen molar-refractivity contribution in [2.24, 2.45) is 0 Å². The quantitative estimate of drug-likeness (QED) is 0.898. The lowest BCUT2D eigenvalue weighted by atomic mass is 10.2. The molecule has 8 heteroatoms. The van der Waals surface area contributed by atoms with Gasteiger partial charge in [0.2, 0.25) is 5.91 Å². The molecule has 0 aromatic heterocycles. The predicted octanol–water partition coefficient (Wildman–Crippen LogP) is 2.61. The highest BCUT2D eigenvalue weighted by Gasteiger charge is 2.28. The first kappa shape index (κ1) is 16.9. The van der Waals surface area contributed by atoms with E-state index in [9.17, 15) is 18.0 Å². The third-order valence-corrected chi connectivity index (χ3v) is 3.46. The number of anilines is 1. The minimum Gasteiger partial charge on any atom is -0.369 e. The van der Waals surface area contributed by atoms with Crippen LogP contribution in [0.25, 0.3) is 0 Å². The molecule has 0 saturated carbocycles. The van der Waals surface area contributed by atoms with Crippen molar-refractivity contribution in [3.05, 3.63) is 29.3 Å². The van der Waals surface area contributed by atoms with Crippen LogP contribution >= 0.6 is 11.6 Å². The SMILES string of the molecule is O=C(COCC(F)(F)F)NC1CCN(c2cccc(Cl)c2)C1. The molecule has 22 heavy (non-hydrogen) atoms. The second-order valence-corrected chi connectivity index (χ2v) is 5.52. The summed E-state index contributed by atoms with van der Waals surface area (Å²) in [5.74, 6) is -0.540. The number of alkyl halides is 3. The van der Waals surface area contributed by atoms with Gasteiger partial charge < -0.3 is 15.0 Å². The fraction of sp³-hybridized carbons (Fsp3) is 0.500. The van der Waals surface area contributed by atoms with Crippen LogP contribution in [0.15, 0.2) is 24.3 Å². The van der Waals surface area contributed by atoms with Gasteiger partial charge in [0.15, 0.2) is 0 Å². The van der Waals surface area contributed by atoms with Crippen molar-refractivity contribution in [3.63, 3.8) is 0 Å². The Bertz CT molecular complexity index is 525. The Kier molecular flexibility index (Phi) is 5.52. The Balaban J connectivity index is 1.75. The van der Waals surface area contributed by atoms with Gasteiger partial charge in [-0.1, -0.05) is 17.7 Å². The minimum atomic E-state index is -4.42. The third-order valence-electron chi connectivity index (χ3n) is 3.23. The number of rotatable bonds is 5. The van der Waals surface area contributed by atoms with E-state index < -0.39 is 25.3 Å². The molecule has 1 aromatic rings. The standard InChI is InChI=1S/C14H16ClF3N2O2/c15-10-2-1-3-12(6-10)20-5-4-11(7-20)19-13(21)8-22-9-14(16,17)18/h1-3,6,11H,4-5,7-9H2,(H,19,21). The number of hydrogen-bond donors (Lipinski definition) is 1. The van der Waals surface area contributed by atoms with Gasteiger partial charge in [0, 0.05) is 29.8 Å². The van der Waals surface area contributed by atoms with Gasteiger partial charge in [-0.05, 0) is 24.6 Å². The average Bonchev–Trinajstić information content (AvgIpc) is 2.85. The van der Waals surface area contributed by atoms with E-state index in [0.717, 1.165) is 18.7 Å². The van der Waals surface area contributed by atoms with E-state index in [0.29, 0.717) is 11.6 Å². The summed E-state index contributed by atoms with van der Waals surface area (Å²) in [5, 5.41) is 3.30. The molecular formula is C14H16ClF3N2O2. The molecule has 2 rings (SSSR count). The highest BCUT2D eigenvalue weighted by molar-refractivity contribution is 6.30. The first-order valence-electron chi connectivity index (χ1n) is 6.78. The highest BCUT2D eigenvalue weighted by Crippen LogP contribution is 2.23. The zero-order valence-corrected chi connectivity index (χ0v) is 12.5. The minimum absolute atomic E-state index is 0.110. The van der Waals surface area contributed by atoms with E-state index >= 15 is 0 Å². The number of nitrogens with one attached hydrogen (secondary N) is 1. The van der Waals surface area contributed by atoms with Crippen LogP contribution in [0.1, 0.15) is 6.42 Å². The molecule has 0 spiro atoms. The Morgan fingerprint density at radius 2 is 2.23 bits per heavy atom. The van der Waals surface area contributed by atoms with E-state index in [2.05, 4.69) is 15.0 Å². The van der Waals surface area contributed by atoms with Crippen LogP contribution < -0.4 is 10.2 Å². The summed E-state index contributed by atoms with van der Waals surface area (Å²) in [4.78, 5) is 13.6. The van der Waals surface area contributed by atoms with Crippen molar-refractivity contribution in [1.82, 2.24) is 5.32 Å². The number of halogens is 4. The first-order valence-corrected chi connectivity index (χ1v) is 7.16. The fourth-order valence-corrected chi connectivity index (χ4v) is 2.50. The van der Waals surface area contributed by atoms with E-state index in [1.807, 2.05) is 18.2 Å². The largest absolute Gasteiger partial charge is 0.411 e. The average molecular weight is 337 g/mol. The number of hydrogen-bond acceptors (Lipinski definition) is 3.